The maximum atomic E-state index is 12.5. The van der Waals surface area contributed by atoms with E-state index in [0.717, 1.165) is 28.3 Å². The SMILES string of the molecule is COc1ccc(-n2c(SCC(=O)N/N=C/C=C/c3ccccc3OC)nnc2-c2ccc(C(C)(C)C)cc2)cc1. The molecule has 1 heterocycles. The number of carbonyl (C=O) groups is 1. The van der Waals surface area contributed by atoms with Crippen LogP contribution in [0.1, 0.15) is 31.9 Å². The van der Waals surface area contributed by atoms with Crippen LogP contribution in [0.2, 0.25) is 0 Å². The first kappa shape index (κ1) is 28.6. The monoisotopic (exact) mass is 555 g/mol. The number of carbonyl (C=O) groups excluding carboxylic acids is 1. The molecule has 1 aromatic heterocycles. The highest BCUT2D eigenvalue weighted by Gasteiger charge is 2.19. The van der Waals surface area contributed by atoms with E-state index in [9.17, 15) is 4.79 Å². The topological polar surface area (TPSA) is 90.6 Å². The van der Waals surface area contributed by atoms with Crippen molar-refractivity contribution in [3.63, 3.8) is 0 Å². The Bertz CT molecular complexity index is 1490. The molecule has 0 spiro atoms. The smallest absolute Gasteiger partial charge is 0.250 e. The van der Waals surface area contributed by atoms with Gasteiger partial charge in [0.1, 0.15) is 11.5 Å². The van der Waals surface area contributed by atoms with Crippen LogP contribution >= 0.6 is 11.8 Å². The van der Waals surface area contributed by atoms with Gasteiger partial charge in [-0.1, -0.05) is 75.0 Å². The van der Waals surface area contributed by atoms with Gasteiger partial charge in [-0.25, -0.2) is 5.43 Å². The van der Waals surface area contributed by atoms with Gasteiger partial charge < -0.3 is 9.47 Å². The van der Waals surface area contributed by atoms with E-state index in [0.29, 0.717) is 11.0 Å². The van der Waals surface area contributed by atoms with Crippen LogP contribution in [0.5, 0.6) is 11.5 Å². The summed E-state index contributed by atoms with van der Waals surface area (Å²) in [5.74, 6) is 2.06. The normalized spacial score (nSPS) is 11.7. The summed E-state index contributed by atoms with van der Waals surface area (Å²) in [7, 11) is 3.26. The van der Waals surface area contributed by atoms with Gasteiger partial charge in [-0.3, -0.25) is 9.36 Å². The number of para-hydroxylation sites is 1. The second kappa shape index (κ2) is 13.1. The second-order valence-corrected chi connectivity index (χ2v) is 10.8. The van der Waals surface area contributed by atoms with E-state index in [-0.39, 0.29) is 17.1 Å². The first-order chi connectivity index (χ1) is 19.3. The van der Waals surface area contributed by atoms with Crippen molar-refractivity contribution in [2.75, 3.05) is 20.0 Å². The van der Waals surface area contributed by atoms with Crippen LogP contribution in [-0.2, 0) is 10.2 Å². The van der Waals surface area contributed by atoms with E-state index in [2.05, 4.69) is 65.8 Å². The highest BCUT2D eigenvalue weighted by Crippen LogP contribution is 2.30. The molecule has 9 heteroatoms. The number of nitrogens with zero attached hydrogens (tertiary/aromatic N) is 4. The summed E-state index contributed by atoms with van der Waals surface area (Å²) in [5.41, 5.74) is 6.54. The number of thioether (sulfide) groups is 1. The lowest BCUT2D eigenvalue weighted by atomic mass is 9.87. The number of hydrogen-bond acceptors (Lipinski definition) is 7. The van der Waals surface area contributed by atoms with Crippen LogP contribution in [0, 0.1) is 0 Å². The Kier molecular flexibility index (Phi) is 9.39. The number of hydrogen-bond donors (Lipinski definition) is 1. The minimum atomic E-state index is -0.257. The highest BCUT2D eigenvalue weighted by molar-refractivity contribution is 7.99. The summed E-state index contributed by atoms with van der Waals surface area (Å²) in [6.45, 7) is 6.55. The molecule has 0 atom stereocenters. The average Bonchev–Trinajstić information content (AvgIpc) is 3.39. The largest absolute Gasteiger partial charge is 0.497 e. The zero-order valence-electron chi connectivity index (χ0n) is 23.3. The Hall–Kier alpha value is -4.37. The lowest BCUT2D eigenvalue weighted by Crippen LogP contribution is -2.19. The predicted octanol–water partition coefficient (Wildman–Crippen LogP) is 6.16. The number of ether oxygens (including phenoxy) is 2. The number of nitrogens with one attached hydrogen (secondary N) is 1. The molecule has 3 aromatic carbocycles. The van der Waals surface area contributed by atoms with E-state index in [1.165, 1.54) is 23.5 Å². The number of amides is 1. The second-order valence-electron chi connectivity index (χ2n) is 9.87. The zero-order valence-corrected chi connectivity index (χ0v) is 24.1. The molecular weight excluding hydrogens is 522 g/mol. The molecule has 0 bridgehead atoms. The lowest BCUT2D eigenvalue weighted by Gasteiger charge is -2.19. The third-order valence-corrected chi connectivity index (χ3v) is 7.00. The molecule has 206 valence electrons. The van der Waals surface area contributed by atoms with Crippen LogP contribution in [0.25, 0.3) is 23.2 Å². The molecule has 4 aromatic rings. The molecule has 0 aliphatic heterocycles. The van der Waals surface area contributed by atoms with E-state index >= 15 is 0 Å². The molecule has 1 N–H and O–H groups in total. The van der Waals surface area contributed by atoms with Gasteiger partial charge >= 0.3 is 0 Å². The van der Waals surface area contributed by atoms with Gasteiger partial charge in [0.05, 0.1) is 20.0 Å². The summed E-state index contributed by atoms with van der Waals surface area (Å²) in [5, 5.41) is 13.5. The van der Waals surface area contributed by atoms with Crippen molar-refractivity contribution >= 4 is 30.0 Å². The molecule has 0 saturated carbocycles. The van der Waals surface area contributed by atoms with Crippen LogP contribution in [-0.4, -0.2) is 46.9 Å². The van der Waals surface area contributed by atoms with Gasteiger partial charge in [-0.2, -0.15) is 5.10 Å². The first-order valence-electron chi connectivity index (χ1n) is 12.8. The molecule has 0 aliphatic rings. The number of methoxy groups -OCH3 is 2. The summed E-state index contributed by atoms with van der Waals surface area (Å²) in [6, 6.07) is 23.6. The molecule has 0 radical (unpaired) electrons. The first-order valence-corrected chi connectivity index (χ1v) is 13.7. The third-order valence-electron chi connectivity index (χ3n) is 6.07. The number of allylic oxidation sites excluding steroid dienone is 1. The number of rotatable bonds is 10. The van der Waals surface area contributed by atoms with E-state index < -0.39 is 0 Å². The fourth-order valence-corrected chi connectivity index (χ4v) is 4.64. The zero-order chi connectivity index (χ0) is 28.5. The van der Waals surface area contributed by atoms with Crippen LogP contribution < -0.4 is 14.9 Å². The molecule has 40 heavy (non-hydrogen) atoms. The molecule has 0 unspecified atom stereocenters. The number of benzene rings is 3. The lowest BCUT2D eigenvalue weighted by molar-refractivity contribution is -0.118. The Labute approximate surface area is 239 Å². The quantitative estimate of drug-likeness (QED) is 0.143. The van der Waals surface area contributed by atoms with Crippen molar-refractivity contribution in [1.82, 2.24) is 20.2 Å². The van der Waals surface area contributed by atoms with Gasteiger partial charge in [0.25, 0.3) is 5.91 Å². The molecule has 1 amide bonds. The molecule has 0 fully saturated rings. The molecule has 4 rings (SSSR count). The van der Waals surface area contributed by atoms with Crippen molar-refractivity contribution in [3.05, 3.63) is 90.0 Å². The average molecular weight is 556 g/mol. The minimum absolute atomic E-state index is 0.0449. The summed E-state index contributed by atoms with van der Waals surface area (Å²) < 4.78 is 12.6. The fourth-order valence-electron chi connectivity index (χ4n) is 3.90. The van der Waals surface area contributed by atoms with Crippen molar-refractivity contribution in [2.45, 2.75) is 31.3 Å². The number of aromatic nitrogens is 3. The Morgan fingerprint density at radius 1 is 0.975 bits per heavy atom. The van der Waals surface area contributed by atoms with E-state index in [1.807, 2.05) is 59.2 Å². The predicted molar refractivity (Wildman–Crippen MR) is 161 cm³/mol. The van der Waals surface area contributed by atoms with Crippen LogP contribution in [0.15, 0.2) is 89.1 Å². The van der Waals surface area contributed by atoms with Crippen molar-refractivity contribution in [2.24, 2.45) is 5.10 Å². The number of hydrazone groups is 1. The fraction of sp³-hybridized carbons (Fsp3) is 0.226. The summed E-state index contributed by atoms with van der Waals surface area (Å²) >= 11 is 1.29. The summed E-state index contributed by atoms with van der Waals surface area (Å²) in [6.07, 6.45) is 5.12. The van der Waals surface area contributed by atoms with Crippen LogP contribution in [0.4, 0.5) is 0 Å². The third kappa shape index (κ3) is 7.18. The van der Waals surface area contributed by atoms with Gasteiger partial charge in [0.2, 0.25) is 0 Å². The maximum Gasteiger partial charge on any atom is 0.250 e. The van der Waals surface area contributed by atoms with Crippen molar-refractivity contribution in [1.29, 1.82) is 0 Å². The van der Waals surface area contributed by atoms with Gasteiger partial charge in [-0.05, 0) is 53.5 Å². The maximum absolute atomic E-state index is 12.5. The van der Waals surface area contributed by atoms with Gasteiger partial charge in [-0.15, -0.1) is 10.2 Å². The van der Waals surface area contributed by atoms with Gasteiger partial charge in [0.15, 0.2) is 11.0 Å². The molecule has 8 nitrogen and oxygen atoms in total. The Balaban J connectivity index is 1.48. The van der Waals surface area contributed by atoms with Gasteiger partial charge in [0, 0.05) is 23.0 Å². The standard InChI is InChI=1S/C31H33N5O3S/c1-31(2,3)24-14-12-23(13-15-24)29-34-35-30(36(29)25-16-18-26(38-4)19-17-25)40-21-28(37)33-32-20-8-10-22-9-6-7-11-27(22)39-5/h6-20H,21H2,1-5H3,(H,33,37)/b10-8+,32-20+. The van der Waals surface area contributed by atoms with E-state index in [1.54, 1.807) is 20.3 Å². The van der Waals surface area contributed by atoms with Crippen molar-refractivity contribution < 1.29 is 14.3 Å². The Morgan fingerprint density at radius 2 is 1.70 bits per heavy atom. The van der Waals surface area contributed by atoms with Crippen molar-refractivity contribution in [3.8, 4) is 28.6 Å². The summed E-state index contributed by atoms with van der Waals surface area (Å²) in [4.78, 5) is 12.5. The van der Waals surface area contributed by atoms with E-state index in [4.69, 9.17) is 9.47 Å². The van der Waals surface area contributed by atoms with Crippen LogP contribution in [0.3, 0.4) is 0 Å². The minimum Gasteiger partial charge on any atom is -0.497 e. The molecular formula is C31H33N5O3S. The molecule has 0 aliphatic carbocycles. The molecule has 0 saturated heterocycles. The highest BCUT2D eigenvalue weighted by atomic mass is 32.2. The Morgan fingerprint density at radius 3 is 2.38 bits per heavy atom.